The predicted octanol–water partition coefficient (Wildman–Crippen LogP) is 4.69. The zero-order chi connectivity index (χ0) is 15.7. The number of hydrogen-bond acceptors (Lipinski definition) is 2. The van der Waals surface area contributed by atoms with Gasteiger partial charge in [0, 0.05) is 28.9 Å². The first kappa shape index (κ1) is 14.5. The molecule has 3 heteroatoms. The Balaban J connectivity index is 1.91. The Kier molecular flexibility index (Phi) is 3.80. The molecule has 114 valence electrons. The first-order valence-electron chi connectivity index (χ1n) is 7.63. The fraction of sp³-hybridized carbons (Fsp3) is 0.263. The first-order valence-corrected chi connectivity index (χ1v) is 7.63. The summed E-state index contributed by atoms with van der Waals surface area (Å²) in [5, 5.41) is 1.20. The fourth-order valence-electron chi connectivity index (χ4n) is 2.68. The van der Waals surface area contributed by atoms with Crippen molar-refractivity contribution >= 4 is 16.6 Å². The van der Waals surface area contributed by atoms with Crippen molar-refractivity contribution in [2.24, 2.45) is 0 Å². The Labute approximate surface area is 131 Å². The number of benzene rings is 2. The van der Waals surface area contributed by atoms with Gasteiger partial charge in [0.15, 0.2) is 0 Å². The smallest absolute Gasteiger partial charge is 0.119 e. The van der Waals surface area contributed by atoms with Gasteiger partial charge >= 0.3 is 0 Å². The summed E-state index contributed by atoms with van der Waals surface area (Å²) in [6.07, 6.45) is 2.17. The number of nitrogens with two attached hydrogens (primary N) is 1. The maximum atomic E-state index is 5.94. The third kappa shape index (κ3) is 2.80. The van der Waals surface area contributed by atoms with E-state index >= 15 is 0 Å². The van der Waals surface area contributed by atoms with E-state index in [-0.39, 0.29) is 0 Å². The van der Waals surface area contributed by atoms with E-state index in [9.17, 15) is 0 Å². The maximum Gasteiger partial charge on any atom is 0.119 e. The van der Waals surface area contributed by atoms with Gasteiger partial charge in [-0.1, -0.05) is 23.8 Å². The van der Waals surface area contributed by atoms with Crippen LogP contribution in [-0.4, -0.2) is 4.57 Å². The van der Waals surface area contributed by atoms with Crippen LogP contribution < -0.4 is 10.5 Å². The summed E-state index contributed by atoms with van der Waals surface area (Å²) in [5.41, 5.74) is 10.3. The van der Waals surface area contributed by atoms with Gasteiger partial charge in [-0.3, -0.25) is 0 Å². The number of nitrogens with zero attached hydrogens (tertiary/aromatic N) is 1. The van der Waals surface area contributed by atoms with E-state index in [0.29, 0.717) is 12.6 Å². The number of fused-ring (bicyclic) bond motifs is 1. The molecule has 0 fully saturated rings. The van der Waals surface area contributed by atoms with Crippen molar-refractivity contribution in [1.82, 2.24) is 4.57 Å². The first-order chi connectivity index (χ1) is 10.5. The van der Waals surface area contributed by atoms with E-state index in [1.807, 2.05) is 24.3 Å². The number of hydrogen-bond donors (Lipinski definition) is 1. The molecule has 22 heavy (non-hydrogen) atoms. The van der Waals surface area contributed by atoms with Gasteiger partial charge in [-0.05, 0) is 45.0 Å². The second kappa shape index (κ2) is 5.76. The van der Waals surface area contributed by atoms with E-state index in [2.05, 4.69) is 49.7 Å². The average molecular weight is 294 g/mol. The van der Waals surface area contributed by atoms with E-state index in [1.54, 1.807) is 0 Å². The molecule has 0 aliphatic carbocycles. The molecule has 3 rings (SSSR count). The third-order valence-corrected chi connectivity index (χ3v) is 3.91. The Morgan fingerprint density at radius 3 is 2.50 bits per heavy atom. The van der Waals surface area contributed by atoms with Crippen LogP contribution in [0.2, 0.25) is 0 Å². The second-order valence-corrected chi connectivity index (χ2v) is 6.03. The van der Waals surface area contributed by atoms with Gasteiger partial charge in [0.2, 0.25) is 0 Å². The summed E-state index contributed by atoms with van der Waals surface area (Å²) in [6.45, 7) is 6.98. The number of rotatable bonds is 4. The molecular weight excluding hydrogens is 272 g/mol. The lowest BCUT2D eigenvalue weighted by atomic mass is 10.1. The van der Waals surface area contributed by atoms with Crippen molar-refractivity contribution < 1.29 is 4.74 Å². The molecule has 0 bridgehead atoms. The quantitative estimate of drug-likeness (QED) is 0.709. The molecule has 2 N–H and O–H groups in total. The van der Waals surface area contributed by atoms with E-state index in [0.717, 1.165) is 17.0 Å². The third-order valence-electron chi connectivity index (χ3n) is 3.91. The molecule has 1 aromatic heterocycles. The number of aromatic nitrogens is 1. The molecule has 0 aliphatic heterocycles. The molecule has 0 aliphatic rings. The summed E-state index contributed by atoms with van der Waals surface area (Å²) >= 11 is 0. The van der Waals surface area contributed by atoms with Crippen LogP contribution in [0.1, 0.15) is 31.0 Å². The molecule has 0 saturated heterocycles. The lowest BCUT2D eigenvalue weighted by Gasteiger charge is -2.09. The van der Waals surface area contributed by atoms with Crippen molar-refractivity contribution in [2.75, 3.05) is 5.73 Å². The van der Waals surface area contributed by atoms with Crippen LogP contribution in [-0.2, 0) is 6.61 Å². The van der Waals surface area contributed by atoms with Gasteiger partial charge in [-0.15, -0.1) is 0 Å². The highest BCUT2D eigenvalue weighted by Crippen LogP contribution is 2.27. The van der Waals surface area contributed by atoms with Gasteiger partial charge in [0.25, 0.3) is 0 Å². The zero-order valence-corrected chi connectivity index (χ0v) is 13.3. The van der Waals surface area contributed by atoms with Crippen molar-refractivity contribution in [1.29, 1.82) is 0 Å². The SMILES string of the molecule is Cc1ccc(OCc2cn(C(C)C)c3cc(N)ccc23)cc1. The van der Waals surface area contributed by atoms with Gasteiger partial charge in [0.1, 0.15) is 12.4 Å². The summed E-state index contributed by atoms with van der Waals surface area (Å²) in [6, 6.07) is 14.6. The summed E-state index contributed by atoms with van der Waals surface area (Å²) in [7, 11) is 0. The standard InChI is InChI=1S/C19H22N2O/c1-13(2)21-11-15(18-9-6-16(20)10-19(18)21)12-22-17-7-4-14(3)5-8-17/h4-11,13H,12,20H2,1-3H3. The van der Waals surface area contributed by atoms with Crippen LogP contribution in [0.3, 0.4) is 0 Å². The Morgan fingerprint density at radius 1 is 1.09 bits per heavy atom. The topological polar surface area (TPSA) is 40.2 Å². The van der Waals surface area contributed by atoms with Crippen LogP contribution in [0, 0.1) is 6.92 Å². The highest BCUT2D eigenvalue weighted by atomic mass is 16.5. The number of ether oxygens (including phenoxy) is 1. The monoisotopic (exact) mass is 294 g/mol. The molecule has 0 spiro atoms. The normalized spacial score (nSPS) is 11.3. The van der Waals surface area contributed by atoms with Crippen molar-refractivity contribution in [3.63, 3.8) is 0 Å². The minimum absolute atomic E-state index is 0.387. The van der Waals surface area contributed by atoms with Gasteiger partial charge in [-0.2, -0.15) is 0 Å². The molecule has 1 heterocycles. The Hall–Kier alpha value is -2.42. The molecule has 2 aromatic carbocycles. The Morgan fingerprint density at radius 2 is 1.82 bits per heavy atom. The van der Waals surface area contributed by atoms with Crippen molar-refractivity contribution in [3.8, 4) is 5.75 Å². The average Bonchev–Trinajstić information content (AvgIpc) is 2.85. The van der Waals surface area contributed by atoms with E-state index < -0.39 is 0 Å². The number of nitrogen functional groups attached to an aromatic ring is 1. The second-order valence-electron chi connectivity index (χ2n) is 6.03. The predicted molar refractivity (Wildman–Crippen MR) is 92.2 cm³/mol. The number of anilines is 1. The lowest BCUT2D eigenvalue weighted by Crippen LogP contribution is -1.99. The van der Waals surface area contributed by atoms with Gasteiger partial charge < -0.3 is 15.0 Å². The Bertz CT molecular complexity index is 785. The maximum absolute atomic E-state index is 5.94. The van der Waals surface area contributed by atoms with E-state index in [4.69, 9.17) is 10.5 Å². The van der Waals surface area contributed by atoms with Crippen LogP contribution in [0.25, 0.3) is 10.9 Å². The highest BCUT2D eigenvalue weighted by Gasteiger charge is 2.11. The van der Waals surface area contributed by atoms with Crippen LogP contribution in [0.15, 0.2) is 48.7 Å². The number of aryl methyl sites for hydroxylation is 1. The highest BCUT2D eigenvalue weighted by molar-refractivity contribution is 5.86. The van der Waals surface area contributed by atoms with Crippen molar-refractivity contribution in [2.45, 2.75) is 33.4 Å². The molecule has 0 amide bonds. The summed E-state index contributed by atoms with van der Waals surface area (Å²) in [4.78, 5) is 0. The van der Waals surface area contributed by atoms with E-state index in [1.165, 1.54) is 16.5 Å². The minimum Gasteiger partial charge on any atom is -0.489 e. The summed E-state index contributed by atoms with van der Waals surface area (Å²) < 4.78 is 8.18. The van der Waals surface area contributed by atoms with Crippen LogP contribution >= 0.6 is 0 Å². The summed E-state index contributed by atoms with van der Waals surface area (Å²) in [5.74, 6) is 0.895. The minimum atomic E-state index is 0.387. The molecule has 3 aromatic rings. The molecule has 0 unspecified atom stereocenters. The lowest BCUT2D eigenvalue weighted by molar-refractivity contribution is 0.307. The van der Waals surface area contributed by atoms with Gasteiger partial charge in [0.05, 0.1) is 5.52 Å². The molecule has 0 atom stereocenters. The van der Waals surface area contributed by atoms with Crippen LogP contribution in [0.5, 0.6) is 5.75 Å². The van der Waals surface area contributed by atoms with Crippen LogP contribution in [0.4, 0.5) is 5.69 Å². The fourth-order valence-corrected chi connectivity index (χ4v) is 2.68. The molecule has 0 radical (unpaired) electrons. The van der Waals surface area contributed by atoms with Gasteiger partial charge in [-0.25, -0.2) is 0 Å². The van der Waals surface area contributed by atoms with Crippen molar-refractivity contribution in [3.05, 3.63) is 59.8 Å². The largest absolute Gasteiger partial charge is 0.489 e. The zero-order valence-electron chi connectivity index (χ0n) is 13.3. The molecular formula is C19H22N2O. The molecule has 0 saturated carbocycles. The molecule has 3 nitrogen and oxygen atoms in total.